The van der Waals surface area contributed by atoms with Crippen LogP contribution in [0.4, 0.5) is 5.69 Å². The Kier molecular flexibility index (Phi) is 3.62. The van der Waals surface area contributed by atoms with Crippen molar-refractivity contribution in [1.29, 1.82) is 0 Å². The van der Waals surface area contributed by atoms with Crippen molar-refractivity contribution in [3.05, 3.63) is 57.6 Å². The smallest absolute Gasteiger partial charge is 0.265 e. The van der Waals surface area contributed by atoms with E-state index in [1.54, 1.807) is 35.3 Å². The van der Waals surface area contributed by atoms with Crippen molar-refractivity contribution in [2.45, 2.75) is 0 Å². The lowest BCUT2D eigenvalue weighted by molar-refractivity contribution is 0.103. The molecule has 0 fully saturated rings. The highest BCUT2D eigenvalue weighted by atomic mass is 79.9. The number of nitrogens with zero attached hydrogens (tertiary/aromatic N) is 3. The molecule has 20 heavy (non-hydrogen) atoms. The number of halogens is 1. The Morgan fingerprint density at radius 3 is 2.80 bits per heavy atom. The molecule has 0 aliphatic rings. The molecular weight excluding hydrogens is 340 g/mol. The van der Waals surface area contributed by atoms with Gasteiger partial charge in [0.2, 0.25) is 0 Å². The van der Waals surface area contributed by atoms with E-state index in [9.17, 15) is 4.79 Å². The standard InChI is InChI=1S/C13H9BrN4OS/c14-11-4-3-10(20-11)13(19)17-9-2-5-12(15-8-9)18-7-1-6-16-18/h1-8H,(H,17,19). The molecule has 0 aliphatic heterocycles. The molecule has 1 N–H and O–H groups in total. The molecule has 0 saturated heterocycles. The molecule has 0 atom stereocenters. The van der Waals surface area contributed by atoms with Crippen molar-refractivity contribution in [2.75, 3.05) is 5.32 Å². The monoisotopic (exact) mass is 348 g/mol. The van der Waals surface area contributed by atoms with Crippen molar-refractivity contribution in [1.82, 2.24) is 14.8 Å². The van der Waals surface area contributed by atoms with E-state index in [1.165, 1.54) is 11.3 Å². The molecule has 0 saturated carbocycles. The number of amides is 1. The number of pyridine rings is 1. The van der Waals surface area contributed by atoms with E-state index in [0.717, 1.165) is 3.79 Å². The van der Waals surface area contributed by atoms with Gasteiger partial charge in [-0.3, -0.25) is 4.79 Å². The molecule has 7 heteroatoms. The normalized spacial score (nSPS) is 10.4. The number of carbonyl (C=O) groups is 1. The summed E-state index contributed by atoms with van der Waals surface area (Å²) < 4.78 is 2.58. The second-order valence-corrected chi connectivity index (χ2v) is 6.38. The maximum absolute atomic E-state index is 12.0. The van der Waals surface area contributed by atoms with Gasteiger partial charge in [-0.2, -0.15) is 5.10 Å². The number of hydrogen-bond acceptors (Lipinski definition) is 4. The first kappa shape index (κ1) is 13.0. The zero-order valence-corrected chi connectivity index (χ0v) is 12.6. The molecule has 3 heterocycles. The SMILES string of the molecule is O=C(Nc1ccc(-n2cccn2)nc1)c1ccc(Br)s1. The van der Waals surface area contributed by atoms with Crippen LogP contribution in [0.15, 0.2) is 52.7 Å². The van der Waals surface area contributed by atoms with Crippen LogP contribution in [-0.2, 0) is 0 Å². The van der Waals surface area contributed by atoms with E-state index >= 15 is 0 Å². The number of anilines is 1. The molecule has 3 aromatic heterocycles. The van der Waals surface area contributed by atoms with Gasteiger partial charge in [0.25, 0.3) is 5.91 Å². The molecule has 0 aromatic carbocycles. The third kappa shape index (κ3) is 2.78. The Morgan fingerprint density at radius 1 is 1.30 bits per heavy atom. The minimum Gasteiger partial charge on any atom is -0.320 e. The van der Waals surface area contributed by atoms with Gasteiger partial charge in [0.05, 0.1) is 20.5 Å². The third-order valence-corrected chi connectivity index (χ3v) is 4.16. The van der Waals surface area contributed by atoms with E-state index in [-0.39, 0.29) is 5.91 Å². The van der Waals surface area contributed by atoms with Crippen molar-refractivity contribution >= 4 is 38.9 Å². The van der Waals surface area contributed by atoms with E-state index < -0.39 is 0 Å². The fourth-order valence-electron chi connectivity index (χ4n) is 1.63. The van der Waals surface area contributed by atoms with Gasteiger partial charge in [-0.05, 0) is 46.3 Å². The largest absolute Gasteiger partial charge is 0.320 e. The summed E-state index contributed by atoms with van der Waals surface area (Å²) in [7, 11) is 0. The lowest BCUT2D eigenvalue weighted by Gasteiger charge is -2.04. The first-order valence-electron chi connectivity index (χ1n) is 5.75. The molecule has 3 rings (SSSR count). The van der Waals surface area contributed by atoms with Gasteiger partial charge in [0.15, 0.2) is 5.82 Å². The number of hydrogen-bond donors (Lipinski definition) is 1. The number of thiophene rings is 1. The molecule has 0 aliphatic carbocycles. The minimum atomic E-state index is -0.144. The number of aromatic nitrogens is 3. The van der Waals surface area contributed by atoms with Gasteiger partial charge in [-0.15, -0.1) is 11.3 Å². The summed E-state index contributed by atoms with van der Waals surface area (Å²) >= 11 is 4.72. The number of nitrogens with one attached hydrogen (secondary N) is 1. The maximum atomic E-state index is 12.0. The number of carbonyl (C=O) groups excluding carboxylic acids is 1. The van der Waals surface area contributed by atoms with E-state index in [2.05, 4.69) is 31.3 Å². The summed E-state index contributed by atoms with van der Waals surface area (Å²) in [6.07, 6.45) is 5.10. The Morgan fingerprint density at radius 2 is 2.20 bits per heavy atom. The van der Waals surface area contributed by atoms with Crippen LogP contribution in [0.2, 0.25) is 0 Å². The van der Waals surface area contributed by atoms with Crippen LogP contribution in [0.1, 0.15) is 9.67 Å². The molecule has 3 aromatic rings. The highest BCUT2D eigenvalue weighted by Gasteiger charge is 2.09. The quantitative estimate of drug-likeness (QED) is 0.789. The average Bonchev–Trinajstić information content (AvgIpc) is 3.10. The fraction of sp³-hybridized carbons (Fsp3) is 0. The molecule has 100 valence electrons. The van der Waals surface area contributed by atoms with Gasteiger partial charge >= 0.3 is 0 Å². The first-order valence-corrected chi connectivity index (χ1v) is 7.36. The maximum Gasteiger partial charge on any atom is 0.265 e. The number of rotatable bonds is 3. The van der Waals surface area contributed by atoms with E-state index in [4.69, 9.17) is 0 Å². The van der Waals surface area contributed by atoms with Gasteiger partial charge in [0, 0.05) is 12.4 Å². The van der Waals surface area contributed by atoms with Gasteiger partial charge in [-0.1, -0.05) is 0 Å². The van der Waals surface area contributed by atoms with Crippen LogP contribution in [0, 0.1) is 0 Å². The summed E-state index contributed by atoms with van der Waals surface area (Å²) in [5, 5.41) is 6.89. The Balaban J connectivity index is 1.74. The Labute approximate surface area is 127 Å². The van der Waals surface area contributed by atoms with Crippen molar-refractivity contribution < 1.29 is 4.79 Å². The summed E-state index contributed by atoms with van der Waals surface area (Å²) in [6, 6.07) is 9.04. The highest BCUT2D eigenvalue weighted by Crippen LogP contribution is 2.23. The minimum absolute atomic E-state index is 0.144. The van der Waals surface area contributed by atoms with Gasteiger partial charge in [-0.25, -0.2) is 9.67 Å². The van der Waals surface area contributed by atoms with Crippen LogP contribution in [0.3, 0.4) is 0 Å². The van der Waals surface area contributed by atoms with Crippen LogP contribution in [0.25, 0.3) is 5.82 Å². The lowest BCUT2D eigenvalue weighted by Crippen LogP contribution is -2.10. The molecule has 0 spiro atoms. The second kappa shape index (κ2) is 5.56. The fourth-order valence-corrected chi connectivity index (χ4v) is 2.91. The van der Waals surface area contributed by atoms with Crippen LogP contribution >= 0.6 is 27.3 Å². The zero-order chi connectivity index (χ0) is 13.9. The van der Waals surface area contributed by atoms with Crippen molar-refractivity contribution in [2.24, 2.45) is 0 Å². The van der Waals surface area contributed by atoms with Crippen molar-refractivity contribution in [3.63, 3.8) is 0 Å². The average molecular weight is 349 g/mol. The summed E-state index contributed by atoms with van der Waals surface area (Å²) in [6.45, 7) is 0. The highest BCUT2D eigenvalue weighted by molar-refractivity contribution is 9.11. The van der Waals surface area contributed by atoms with Crippen LogP contribution < -0.4 is 5.32 Å². The predicted molar refractivity (Wildman–Crippen MR) is 81.3 cm³/mol. The molecule has 0 unspecified atom stereocenters. The summed E-state index contributed by atoms with van der Waals surface area (Å²) in [5.74, 6) is 0.557. The summed E-state index contributed by atoms with van der Waals surface area (Å²) in [4.78, 5) is 16.9. The van der Waals surface area contributed by atoms with E-state index in [0.29, 0.717) is 16.4 Å². The van der Waals surface area contributed by atoms with Gasteiger partial charge in [0.1, 0.15) is 0 Å². The summed E-state index contributed by atoms with van der Waals surface area (Å²) in [5.41, 5.74) is 0.649. The van der Waals surface area contributed by atoms with E-state index in [1.807, 2.05) is 18.3 Å². The molecule has 0 radical (unpaired) electrons. The Hall–Kier alpha value is -1.99. The molecule has 5 nitrogen and oxygen atoms in total. The van der Waals surface area contributed by atoms with Crippen LogP contribution in [0.5, 0.6) is 0 Å². The zero-order valence-electron chi connectivity index (χ0n) is 10.2. The second-order valence-electron chi connectivity index (χ2n) is 3.91. The van der Waals surface area contributed by atoms with Gasteiger partial charge < -0.3 is 5.32 Å². The third-order valence-electron chi connectivity index (χ3n) is 2.54. The molecule has 1 amide bonds. The Bertz CT molecular complexity index is 721. The van der Waals surface area contributed by atoms with Crippen molar-refractivity contribution in [3.8, 4) is 5.82 Å². The first-order chi connectivity index (χ1) is 9.72. The topological polar surface area (TPSA) is 59.8 Å². The molecular formula is C13H9BrN4OS. The lowest BCUT2D eigenvalue weighted by atomic mass is 10.3. The molecule has 0 bridgehead atoms. The van der Waals surface area contributed by atoms with Crippen LogP contribution in [-0.4, -0.2) is 20.7 Å². The predicted octanol–water partition coefficient (Wildman–Crippen LogP) is 3.34.